The van der Waals surface area contributed by atoms with Crippen molar-refractivity contribution in [2.75, 3.05) is 20.3 Å². The normalized spacial score (nSPS) is 13.1. The Balaban J connectivity index is 2.51. The number of aryl methyl sites for hydroxylation is 2. The molecule has 0 fully saturated rings. The van der Waals surface area contributed by atoms with Crippen LogP contribution in [0.5, 0.6) is 0 Å². The van der Waals surface area contributed by atoms with Gasteiger partial charge in [0, 0.05) is 25.3 Å². The Morgan fingerprint density at radius 3 is 2.71 bits per heavy atom. The summed E-state index contributed by atoms with van der Waals surface area (Å²) >= 11 is 0. The summed E-state index contributed by atoms with van der Waals surface area (Å²) in [5.74, 6) is 1.97. The third-order valence-corrected chi connectivity index (χ3v) is 2.30. The summed E-state index contributed by atoms with van der Waals surface area (Å²) in [6.45, 7) is 7.70. The highest BCUT2D eigenvalue weighted by molar-refractivity contribution is 5.23. The van der Waals surface area contributed by atoms with E-state index in [1.807, 2.05) is 13.8 Å². The van der Waals surface area contributed by atoms with Crippen molar-refractivity contribution < 1.29 is 9.15 Å². The molecule has 1 rings (SSSR count). The van der Waals surface area contributed by atoms with E-state index >= 15 is 0 Å². The minimum Gasteiger partial charge on any atom is -0.466 e. The van der Waals surface area contributed by atoms with Crippen LogP contribution in [0.4, 0.5) is 0 Å². The maximum Gasteiger partial charge on any atom is 0.105 e. The molecule has 14 heavy (non-hydrogen) atoms. The summed E-state index contributed by atoms with van der Waals surface area (Å²) < 4.78 is 10.4. The number of hydrogen-bond acceptors (Lipinski definition) is 3. The van der Waals surface area contributed by atoms with Crippen LogP contribution in [0.3, 0.4) is 0 Å². The zero-order valence-corrected chi connectivity index (χ0v) is 9.39. The Morgan fingerprint density at radius 2 is 2.21 bits per heavy atom. The fraction of sp³-hybridized carbons (Fsp3) is 0.636. The van der Waals surface area contributed by atoms with Crippen LogP contribution in [0.25, 0.3) is 0 Å². The predicted octanol–water partition coefficient (Wildman–Crippen LogP) is 2.19. The summed E-state index contributed by atoms with van der Waals surface area (Å²) in [5.41, 5.74) is 1.23. The Bertz CT molecular complexity index is 281. The van der Waals surface area contributed by atoms with Gasteiger partial charge in [0.05, 0.1) is 6.61 Å². The molecular formula is C11H19NO2. The molecule has 0 aliphatic carbocycles. The van der Waals surface area contributed by atoms with Crippen molar-refractivity contribution in [3.05, 3.63) is 23.2 Å². The summed E-state index contributed by atoms with van der Waals surface area (Å²) in [4.78, 5) is 0. The Hall–Kier alpha value is -0.800. The van der Waals surface area contributed by atoms with Crippen LogP contribution in [-0.4, -0.2) is 20.3 Å². The quantitative estimate of drug-likeness (QED) is 0.735. The lowest BCUT2D eigenvalue weighted by Crippen LogP contribution is -2.22. The molecule has 0 saturated heterocycles. The molecule has 80 valence electrons. The second kappa shape index (κ2) is 5.17. The minimum atomic E-state index is 0.322. The lowest BCUT2D eigenvalue weighted by molar-refractivity contribution is 0.196. The number of methoxy groups -OCH3 is 1. The Labute approximate surface area is 85.4 Å². The molecule has 1 heterocycles. The molecule has 1 atom stereocenters. The van der Waals surface area contributed by atoms with Gasteiger partial charge in [-0.25, -0.2) is 0 Å². The molecule has 0 aromatic carbocycles. The summed E-state index contributed by atoms with van der Waals surface area (Å²) in [6, 6.07) is 2.40. The molecule has 0 bridgehead atoms. The van der Waals surface area contributed by atoms with Gasteiger partial charge >= 0.3 is 0 Å². The Morgan fingerprint density at radius 1 is 1.50 bits per heavy atom. The van der Waals surface area contributed by atoms with E-state index in [-0.39, 0.29) is 0 Å². The van der Waals surface area contributed by atoms with Crippen LogP contribution in [0.15, 0.2) is 10.5 Å². The third kappa shape index (κ3) is 2.86. The van der Waals surface area contributed by atoms with Gasteiger partial charge in [0.1, 0.15) is 11.5 Å². The van der Waals surface area contributed by atoms with Gasteiger partial charge in [-0.2, -0.15) is 0 Å². The van der Waals surface area contributed by atoms with Gasteiger partial charge in [-0.1, -0.05) is 0 Å². The summed E-state index contributed by atoms with van der Waals surface area (Å²) in [5, 5.41) is 3.37. The second-order valence-electron chi connectivity index (χ2n) is 3.54. The zero-order chi connectivity index (χ0) is 10.6. The molecule has 0 aliphatic heterocycles. The minimum absolute atomic E-state index is 0.322. The van der Waals surface area contributed by atoms with Crippen LogP contribution < -0.4 is 5.32 Å². The van der Waals surface area contributed by atoms with Gasteiger partial charge in [-0.3, -0.25) is 0 Å². The van der Waals surface area contributed by atoms with E-state index in [0.717, 1.165) is 24.7 Å². The van der Waals surface area contributed by atoms with Crippen molar-refractivity contribution >= 4 is 0 Å². The van der Waals surface area contributed by atoms with Crippen LogP contribution in [0.2, 0.25) is 0 Å². The van der Waals surface area contributed by atoms with Crippen molar-refractivity contribution in [1.29, 1.82) is 0 Å². The van der Waals surface area contributed by atoms with E-state index in [9.17, 15) is 0 Å². The monoisotopic (exact) mass is 197 g/mol. The van der Waals surface area contributed by atoms with Crippen molar-refractivity contribution in [1.82, 2.24) is 5.32 Å². The Kier molecular flexibility index (Phi) is 4.17. The lowest BCUT2D eigenvalue weighted by Gasteiger charge is -2.12. The van der Waals surface area contributed by atoms with Crippen molar-refractivity contribution in [3.63, 3.8) is 0 Å². The molecule has 3 nitrogen and oxygen atoms in total. The number of nitrogens with one attached hydrogen (secondary N) is 1. The predicted molar refractivity (Wildman–Crippen MR) is 56.5 cm³/mol. The SMILES string of the molecule is COCCNC(C)c1cc(C)oc1C. The summed E-state index contributed by atoms with van der Waals surface area (Å²) in [7, 11) is 1.71. The van der Waals surface area contributed by atoms with Crippen molar-refractivity contribution in [2.45, 2.75) is 26.8 Å². The highest BCUT2D eigenvalue weighted by atomic mass is 16.5. The molecule has 0 amide bonds. The van der Waals surface area contributed by atoms with Gasteiger partial charge in [0.25, 0.3) is 0 Å². The number of ether oxygens (including phenoxy) is 1. The first-order valence-corrected chi connectivity index (χ1v) is 4.94. The average Bonchev–Trinajstić information content (AvgIpc) is 2.45. The maximum atomic E-state index is 5.47. The van der Waals surface area contributed by atoms with E-state index in [1.165, 1.54) is 5.56 Å². The maximum absolute atomic E-state index is 5.47. The van der Waals surface area contributed by atoms with Gasteiger partial charge < -0.3 is 14.5 Å². The fourth-order valence-corrected chi connectivity index (χ4v) is 1.57. The topological polar surface area (TPSA) is 34.4 Å². The molecule has 1 aromatic rings. The number of rotatable bonds is 5. The molecule has 1 aromatic heterocycles. The van der Waals surface area contributed by atoms with E-state index in [0.29, 0.717) is 6.04 Å². The number of furan rings is 1. The van der Waals surface area contributed by atoms with Gasteiger partial charge in [-0.05, 0) is 26.8 Å². The largest absolute Gasteiger partial charge is 0.466 e. The standard InChI is InChI=1S/C11H19NO2/c1-8-7-11(10(3)14-8)9(2)12-5-6-13-4/h7,9,12H,5-6H2,1-4H3. The van der Waals surface area contributed by atoms with Crippen molar-refractivity contribution in [2.24, 2.45) is 0 Å². The molecule has 0 radical (unpaired) electrons. The first-order valence-electron chi connectivity index (χ1n) is 4.94. The van der Waals surface area contributed by atoms with Crippen molar-refractivity contribution in [3.8, 4) is 0 Å². The lowest BCUT2D eigenvalue weighted by atomic mass is 10.1. The fourth-order valence-electron chi connectivity index (χ4n) is 1.57. The molecule has 1 N–H and O–H groups in total. The smallest absolute Gasteiger partial charge is 0.105 e. The molecule has 0 spiro atoms. The van der Waals surface area contributed by atoms with Crippen LogP contribution in [0.1, 0.15) is 30.0 Å². The molecular weight excluding hydrogens is 178 g/mol. The average molecular weight is 197 g/mol. The zero-order valence-electron chi connectivity index (χ0n) is 9.39. The third-order valence-electron chi connectivity index (χ3n) is 2.30. The highest BCUT2D eigenvalue weighted by Crippen LogP contribution is 2.20. The number of hydrogen-bond donors (Lipinski definition) is 1. The van der Waals surface area contributed by atoms with Crippen LogP contribution in [0, 0.1) is 13.8 Å². The first-order chi connectivity index (χ1) is 6.65. The van der Waals surface area contributed by atoms with Crippen LogP contribution in [-0.2, 0) is 4.74 Å². The molecule has 0 saturated carbocycles. The van der Waals surface area contributed by atoms with E-state index in [1.54, 1.807) is 7.11 Å². The highest BCUT2D eigenvalue weighted by Gasteiger charge is 2.11. The van der Waals surface area contributed by atoms with Crippen LogP contribution >= 0.6 is 0 Å². The molecule has 3 heteroatoms. The van der Waals surface area contributed by atoms with Gasteiger partial charge in [0.15, 0.2) is 0 Å². The molecule has 0 aliphatic rings. The second-order valence-corrected chi connectivity index (χ2v) is 3.54. The van der Waals surface area contributed by atoms with E-state index < -0.39 is 0 Å². The van der Waals surface area contributed by atoms with E-state index in [2.05, 4.69) is 18.3 Å². The van der Waals surface area contributed by atoms with Gasteiger partial charge in [-0.15, -0.1) is 0 Å². The summed E-state index contributed by atoms with van der Waals surface area (Å²) in [6.07, 6.45) is 0. The molecule has 1 unspecified atom stereocenters. The van der Waals surface area contributed by atoms with E-state index in [4.69, 9.17) is 9.15 Å². The van der Waals surface area contributed by atoms with Gasteiger partial charge in [0.2, 0.25) is 0 Å². The first kappa shape index (κ1) is 11.3.